The van der Waals surface area contributed by atoms with Crippen LogP contribution in [0.15, 0.2) is 54.9 Å². The van der Waals surface area contributed by atoms with E-state index in [1.807, 2.05) is 35.1 Å². The number of aliphatic hydroxyl groups excluding tert-OH is 1. The molecule has 0 fully saturated rings. The zero-order valence-electron chi connectivity index (χ0n) is 18.5. The molecule has 34 heavy (non-hydrogen) atoms. The summed E-state index contributed by atoms with van der Waals surface area (Å²) in [6, 6.07) is 12.1. The first-order chi connectivity index (χ1) is 16.1. The van der Waals surface area contributed by atoms with Crippen LogP contribution in [0.2, 0.25) is 0 Å². The molecule has 0 spiro atoms. The summed E-state index contributed by atoms with van der Waals surface area (Å²) in [5, 5.41) is 27.0. The Bertz CT molecular complexity index is 1370. The average molecular weight is 469 g/mol. The van der Waals surface area contributed by atoms with Crippen molar-refractivity contribution in [3.63, 3.8) is 0 Å². The molecule has 0 aliphatic heterocycles. The molecule has 0 unspecified atom stereocenters. The molecule has 0 saturated heterocycles. The molecule has 3 heterocycles. The van der Waals surface area contributed by atoms with E-state index in [9.17, 15) is 23.4 Å². The first-order valence-electron chi connectivity index (χ1n) is 10.7. The van der Waals surface area contributed by atoms with Gasteiger partial charge in [0, 0.05) is 11.0 Å². The molecule has 0 radical (unpaired) electrons. The predicted molar refractivity (Wildman–Crippen MR) is 117 cm³/mol. The third-order valence-electron chi connectivity index (χ3n) is 6.19. The highest BCUT2D eigenvalue weighted by molar-refractivity contribution is 5.63. The summed E-state index contributed by atoms with van der Waals surface area (Å²) in [6.45, 7) is 4.37. The van der Waals surface area contributed by atoms with Crippen molar-refractivity contribution in [3.05, 3.63) is 77.4 Å². The zero-order chi connectivity index (χ0) is 24.3. The lowest BCUT2D eigenvalue weighted by molar-refractivity contribution is -0.147. The van der Waals surface area contributed by atoms with Gasteiger partial charge >= 0.3 is 6.18 Å². The summed E-state index contributed by atoms with van der Waals surface area (Å²) in [4.78, 5) is 4.39. The fourth-order valence-electron chi connectivity index (χ4n) is 4.55. The van der Waals surface area contributed by atoms with Gasteiger partial charge in [0.05, 0.1) is 35.0 Å². The number of rotatable bonds is 4. The minimum Gasteiger partial charge on any atom is -0.364 e. The summed E-state index contributed by atoms with van der Waals surface area (Å²) in [6.07, 6.45) is -2.49. The second-order valence-corrected chi connectivity index (χ2v) is 8.98. The summed E-state index contributed by atoms with van der Waals surface area (Å²) in [5.41, 5.74) is 2.32. The molecule has 1 aliphatic rings. The standard InChI is InChI=1S/C24H22F3N5O2/c1-23(2)10-9-15-12-28-31(20(15)23)16-6-3-5-14(11-16)18-7-4-8-19(30-18)32-21(24(25,26)27)17(13-29-32)22(33)34/h3-8,11-13,22,33-34H,9-10H2,1-2H3. The highest BCUT2D eigenvalue weighted by Gasteiger charge is 2.40. The molecule has 0 atom stereocenters. The van der Waals surface area contributed by atoms with E-state index >= 15 is 0 Å². The lowest BCUT2D eigenvalue weighted by atomic mass is 9.90. The molecule has 0 bridgehead atoms. The maximum atomic E-state index is 13.7. The highest BCUT2D eigenvalue weighted by Crippen LogP contribution is 2.40. The summed E-state index contributed by atoms with van der Waals surface area (Å²) in [5.74, 6) is -0.0942. The van der Waals surface area contributed by atoms with Gasteiger partial charge in [-0.2, -0.15) is 23.4 Å². The van der Waals surface area contributed by atoms with Gasteiger partial charge in [0.2, 0.25) is 0 Å². The number of aryl methyl sites for hydroxylation is 1. The fourth-order valence-corrected chi connectivity index (χ4v) is 4.55. The molecule has 10 heteroatoms. The van der Waals surface area contributed by atoms with Crippen LogP contribution >= 0.6 is 0 Å². The Labute approximate surface area is 193 Å². The second-order valence-electron chi connectivity index (χ2n) is 8.98. The van der Waals surface area contributed by atoms with E-state index in [1.165, 1.54) is 11.6 Å². The number of aliphatic hydroxyl groups is 2. The monoisotopic (exact) mass is 469 g/mol. The molecule has 0 saturated carbocycles. The van der Waals surface area contributed by atoms with Crippen molar-refractivity contribution in [1.29, 1.82) is 0 Å². The third-order valence-corrected chi connectivity index (χ3v) is 6.19. The molecular weight excluding hydrogens is 447 g/mol. The Morgan fingerprint density at radius 2 is 1.74 bits per heavy atom. The first kappa shape index (κ1) is 22.3. The summed E-state index contributed by atoms with van der Waals surface area (Å²) in [7, 11) is 0. The molecule has 7 nitrogen and oxygen atoms in total. The maximum Gasteiger partial charge on any atom is 0.434 e. The van der Waals surface area contributed by atoms with E-state index in [0.29, 0.717) is 15.9 Å². The number of alkyl halides is 3. The topological polar surface area (TPSA) is 89.0 Å². The van der Waals surface area contributed by atoms with Crippen LogP contribution in [0.25, 0.3) is 22.8 Å². The summed E-state index contributed by atoms with van der Waals surface area (Å²) < 4.78 is 43.5. The number of hydrogen-bond donors (Lipinski definition) is 2. The number of benzene rings is 1. The smallest absolute Gasteiger partial charge is 0.364 e. The molecule has 4 aromatic rings. The average Bonchev–Trinajstić information content (AvgIpc) is 3.49. The molecule has 1 aromatic carbocycles. The van der Waals surface area contributed by atoms with Gasteiger partial charge in [-0.3, -0.25) is 0 Å². The molecule has 1 aliphatic carbocycles. The van der Waals surface area contributed by atoms with E-state index in [-0.39, 0.29) is 11.2 Å². The van der Waals surface area contributed by atoms with Crippen LogP contribution in [0.1, 0.15) is 49.1 Å². The third kappa shape index (κ3) is 3.68. The number of hydrogen-bond acceptors (Lipinski definition) is 5. The van der Waals surface area contributed by atoms with Crippen LogP contribution in [-0.4, -0.2) is 34.8 Å². The lowest BCUT2D eigenvalue weighted by Crippen LogP contribution is -2.18. The van der Waals surface area contributed by atoms with Gasteiger partial charge in [-0.15, -0.1) is 0 Å². The van der Waals surface area contributed by atoms with Crippen LogP contribution in [-0.2, 0) is 18.0 Å². The van der Waals surface area contributed by atoms with Gasteiger partial charge < -0.3 is 10.2 Å². The Hall–Kier alpha value is -3.50. The molecule has 5 rings (SSSR count). The minimum atomic E-state index is -4.86. The highest BCUT2D eigenvalue weighted by atomic mass is 19.4. The van der Waals surface area contributed by atoms with E-state index in [4.69, 9.17) is 0 Å². The van der Waals surface area contributed by atoms with Crippen LogP contribution in [0.4, 0.5) is 13.2 Å². The van der Waals surface area contributed by atoms with Crippen molar-refractivity contribution >= 4 is 0 Å². The number of nitrogens with zero attached hydrogens (tertiary/aromatic N) is 5. The largest absolute Gasteiger partial charge is 0.434 e. The number of pyridine rings is 1. The van der Waals surface area contributed by atoms with Crippen LogP contribution in [0.5, 0.6) is 0 Å². The van der Waals surface area contributed by atoms with E-state index in [1.54, 1.807) is 12.1 Å². The maximum absolute atomic E-state index is 13.7. The Morgan fingerprint density at radius 3 is 2.47 bits per heavy atom. The fraction of sp³-hybridized carbons (Fsp3) is 0.292. The number of fused-ring (bicyclic) bond motifs is 1. The van der Waals surface area contributed by atoms with Crippen molar-refractivity contribution in [1.82, 2.24) is 24.5 Å². The number of aromatic nitrogens is 5. The summed E-state index contributed by atoms with van der Waals surface area (Å²) >= 11 is 0. The van der Waals surface area contributed by atoms with Gasteiger partial charge in [0.25, 0.3) is 0 Å². The van der Waals surface area contributed by atoms with Crippen molar-refractivity contribution < 1.29 is 23.4 Å². The van der Waals surface area contributed by atoms with Crippen molar-refractivity contribution in [2.45, 2.75) is 44.6 Å². The quantitative estimate of drug-likeness (QED) is 0.434. The SMILES string of the molecule is CC1(C)CCc2cnn(-c3cccc(-c4cccc(-n5ncc(C(O)O)c5C(F)(F)F)n4)c3)c21. The normalized spacial score (nSPS) is 15.2. The van der Waals surface area contributed by atoms with E-state index < -0.39 is 23.7 Å². The van der Waals surface area contributed by atoms with E-state index in [0.717, 1.165) is 30.4 Å². The van der Waals surface area contributed by atoms with Crippen LogP contribution < -0.4 is 0 Å². The second kappa shape index (κ2) is 7.78. The van der Waals surface area contributed by atoms with Crippen molar-refractivity contribution in [3.8, 4) is 22.8 Å². The van der Waals surface area contributed by atoms with Gasteiger partial charge in [-0.1, -0.05) is 32.0 Å². The van der Waals surface area contributed by atoms with Crippen LogP contribution in [0, 0.1) is 0 Å². The Kier molecular flexibility index (Phi) is 5.10. The van der Waals surface area contributed by atoms with Gasteiger partial charge in [-0.25, -0.2) is 14.3 Å². The number of halogens is 3. The molecular formula is C24H22F3N5O2. The Morgan fingerprint density at radius 1 is 1.00 bits per heavy atom. The zero-order valence-corrected chi connectivity index (χ0v) is 18.5. The molecule has 2 N–H and O–H groups in total. The van der Waals surface area contributed by atoms with Crippen LogP contribution in [0.3, 0.4) is 0 Å². The predicted octanol–water partition coefficient (Wildman–Crippen LogP) is 4.35. The van der Waals surface area contributed by atoms with E-state index in [2.05, 4.69) is 29.0 Å². The van der Waals surface area contributed by atoms with Crippen molar-refractivity contribution in [2.24, 2.45) is 0 Å². The molecule has 176 valence electrons. The molecule has 3 aromatic heterocycles. The first-order valence-corrected chi connectivity index (χ1v) is 10.7. The van der Waals surface area contributed by atoms with Crippen molar-refractivity contribution in [2.75, 3.05) is 0 Å². The molecule has 0 amide bonds. The lowest BCUT2D eigenvalue weighted by Gasteiger charge is -2.21. The van der Waals surface area contributed by atoms with Gasteiger partial charge in [-0.05, 0) is 42.7 Å². The minimum absolute atomic E-state index is 0.0108. The van der Waals surface area contributed by atoms with Gasteiger partial charge in [0.15, 0.2) is 17.8 Å². The Balaban J connectivity index is 1.57. The van der Waals surface area contributed by atoms with Gasteiger partial charge in [0.1, 0.15) is 0 Å².